The number of nitrogens with two attached hydrogens (primary N) is 1. The Morgan fingerprint density at radius 2 is 2.06 bits per heavy atom. The van der Waals surface area contributed by atoms with Crippen molar-refractivity contribution in [3.05, 3.63) is 45.0 Å². The van der Waals surface area contributed by atoms with Crippen LogP contribution in [0.1, 0.15) is 11.5 Å². The molecular formula is C11H13ClN2O4. The van der Waals surface area contributed by atoms with Gasteiger partial charge in [0.25, 0.3) is 0 Å². The Morgan fingerprint density at radius 3 is 2.50 bits per heavy atom. The van der Waals surface area contributed by atoms with E-state index in [0.717, 1.165) is 0 Å². The Hall–Kier alpha value is -1.66. The normalized spacial score (nSPS) is 13.7. The van der Waals surface area contributed by atoms with Crippen molar-refractivity contribution < 1.29 is 14.5 Å². The van der Waals surface area contributed by atoms with Gasteiger partial charge in [0.05, 0.1) is 13.0 Å². The second-order valence-electron chi connectivity index (χ2n) is 3.72. The molecular weight excluding hydrogens is 260 g/mol. The van der Waals surface area contributed by atoms with Crippen LogP contribution in [0.3, 0.4) is 0 Å². The van der Waals surface area contributed by atoms with Gasteiger partial charge in [0.2, 0.25) is 6.54 Å². The Kier molecular flexibility index (Phi) is 5.06. The molecule has 0 fully saturated rings. The summed E-state index contributed by atoms with van der Waals surface area (Å²) in [6.07, 6.45) is 0. The zero-order chi connectivity index (χ0) is 13.7. The standard InChI is InChI=1S/C11H13ClN2O4/c1-18-11(15)10(13)9(6-14(16)17)7-2-4-8(12)5-3-7/h2-5,9-10H,6,13H2,1H3/t9-,10-/m1/s1. The van der Waals surface area contributed by atoms with E-state index in [1.54, 1.807) is 24.3 Å². The molecule has 0 saturated carbocycles. The zero-order valence-corrected chi connectivity index (χ0v) is 10.5. The van der Waals surface area contributed by atoms with Crippen LogP contribution in [0.2, 0.25) is 5.02 Å². The molecule has 0 heterocycles. The van der Waals surface area contributed by atoms with E-state index >= 15 is 0 Å². The van der Waals surface area contributed by atoms with Crippen LogP contribution in [-0.2, 0) is 9.53 Å². The molecule has 1 aromatic rings. The molecule has 0 spiro atoms. The molecule has 0 saturated heterocycles. The van der Waals surface area contributed by atoms with Crippen LogP contribution >= 0.6 is 11.6 Å². The fraction of sp³-hybridized carbons (Fsp3) is 0.364. The molecule has 0 bridgehead atoms. The smallest absolute Gasteiger partial charge is 0.323 e. The number of carbonyl (C=O) groups excluding carboxylic acids is 1. The third-order valence-electron chi connectivity index (χ3n) is 2.55. The molecule has 0 amide bonds. The van der Waals surface area contributed by atoms with Gasteiger partial charge in [0, 0.05) is 9.95 Å². The number of halogens is 1. The van der Waals surface area contributed by atoms with Crippen molar-refractivity contribution in [1.29, 1.82) is 0 Å². The van der Waals surface area contributed by atoms with Crippen LogP contribution in [0.5, 0.6) is 0 Å². The number of nitro groups is 1. The highest BCUT2D eigenvalue weighted by molar-refractivity contribution is 6.30. The lowest BCUT2D eigenvalue weighted by Gasteiger charge is -2.18. The van der Waals surface area contributed by atoms with Gasteiger partial charge in [-0.1, -0.05) is 23.7 Å². The van der Waals surface area contributed by atoms with Crippen molar-refractivity contribution in [3.63, 3.8) is 0 Å². The number of esters is 1. The molecule has 7 heteroatoms. The van der Waals surface area contributed by atoms with Gasteiger partial charge >= 0.3 is 5.97 Å². The van der Waals surface area contributed by atoms with Gasteiger partial charge in [-0.25, -0.2) is 0 Å². The first-order valence-electron chi connectivity index (χ1n) is 5.16. The highest BCUT2D eigenvalue weighted by Crippen LogP contribution is 2.22. The number of methoxy groups -OCH3 is 1. The maximum absolute atomic E-state index is 11.4. The van der Waals surface area contributed by atoms with Crippen LogP contribution in [0.25, 0.3) is 0 Å². The van der Waals surface area contributed by atoms with Crippen molar-refractivity contribution in [3.8, 4) is 0 Å². The predicted molar refractivity (Wildman–Crippen MR) is 66.0 cm³/mol. The SMILES string of the molecule is COC(=O)[C@H](N)[C@H](C[N+](=O)[O-])c1ccc(Cl)cc1. The lowest BCUT2D eigenvalue weighted by molar-refractivity contribution is -0.483. The van der Waals surface area contributed by atoms with Crippen molar-refractivity contribution in [1.82, 2.24) is 0 Å². The zero-order valence-electron chi connectivity index (χ0n) is 9.71. The van der Waals surface area contributed by atoms with Gasteiger partial charge in [0.1, 0.15) is 6.04 Å². The van der Waals surface area contributed by atoms with E-state index in [1.807, 2.05) is 0 Å². The molecule has 0 aromatic heterocycles. The van der Waals surface area contributed by atoms with Crippen LogP contribution in [0, 0.1) is 10.1 Å². The summed E-state index contributed by atoms with van der Waals surface area (Å²) in [5, 5.41) is 11.1. The summed E-state index contributed by atoms with van der Waals surface area (Å²) in [6, 6.07) is 5.32. The molecule has 0 aliphatic carbocycles. The average molecular weight is 273 g/mol. The van der Waals surface area contributed by atoms with Gasteiger partial charge in [-0.2, -0.15) is 0 Å². The molecule has 0 unspecified atom stereocenters. The Bertz CT molecular complexity index is 435. The lowest BCUT2D eigenvalue weighted by atomic mass is 9.92. The highest BCUT2D eigenvalue weighted by Gasteiger charge is 2.31. The largest absolute Gasteiger partial charge is 0.468 e. The van der Waals surface area contributed by atoms with Crippen LogP contribution in [0.15, 0.2) is 24.3 Å². The third-order valence-corrected chi connectivity index (χ3v) is 2.80. The molecule has 0 radical (unpaired) electrons. The van der Waals surface area contributed by atoms with E-state index in [0.29, 0.717) is 10.6 Å². The van der Waals surface area contributed by atoms with E-state index in [2.05, 4.69) is 4.74 Å². The molecule has 1 aromatic carbocycles. The molecule has 6 nitrogen and oxygen atoms in total. The van der Waals surface area contributed by atoms with E-state index in [4.69, 9.17) is 17.3 Å². The first kappa shape index (κ1) is 14.4. The fourth-order valence-corrected chi connectivity index (χ4v) is 1.72. The first-order valence-corrected chi connectivity index (χ1v) is 5.54. The Balaban J connectivity index is 3.00. The van der Waals surface area contributed by atoms with E-state index in [1.165, 1.54) is 7.11 Å². The fourth-order valence-electron chi connectivity index (χ4n) is 1.60. The minimum atomic E-state index is -1.08. The third kappa shape index (κ3) is 3.68. The number of hydrogen-bond acceptors (Lipinski definition) is 5. The summed E-state index contributed by atoms with van der Waals surface area (Å²) in [6.45, 7) is -0.447. The van der Waals surface area contributed by atoms with Gasteiger partial charge in [-0.05, 0) is 17.7 Å². The van der Waals surface area contributed by atoms with Crippen molar-refractivity contribution in [2.75, 3.05) is 13.7 Å². The number of rotatable bonds is 5. The van der Waals surface area contributed by atoms with E-state index < -0.39 is 29.4 Å². The summed E-state index contributed by atoms with van der Waals surface area (Å²) in [4.78, 5) is 21.5. The molecule has 0 aliphatic rings. The van der Waals surface area contributed by atoms with Crippen LogP contribution < -0.4 is 5.73 Å². The second-order valence-corrected chi connectivity index (χ2v) is 4.16. The molecule has 1 rings (SSSR count). The van der Waals surface area contributed by atoms with Gasteiger partial charge in [-0.3, -0.25) is 14.9 Å². The first-order chi connectivity index (χ1) is 8.45. The van der Waals surface area contributed by atoms with Gasteiger partial charge in [-0.15, -0.1) is 0 Å². The minimum absolute atomic E-state index is 0.447. The Morgan fingerprint density at radius 1 is 1.50 bits per heavy atom. The monoisotopic (exact) mass is 272 g/mol. The minimum Gasteiger partial charge on any atom is -0.468 e. The summed E-state index contributed by atoms with van der Waals surface area (Å²) in [5.74, 6) is -1.43. The molecule has 2 N–H and O–H groups in total. The average Bonchev–Trinajstić information content (AvgIpc) is 2.35. The summed E-state index contributed by atoms with van der Waals surface area (Å²) in [7, 11) is 1.19. The van der Waals surface area contributed by atoms with Gasteiger partial charge < -0.3 is 10.5 Å². The molecule has 98 valence electrons. The number of carbonyl (C=O) groups is 1. The molecule has 0 aliphatic heterocycles. The van der Waals surface area contributed by atoms with E-state index in [-0.39, 0.29) is 0 Å². The number of benzene rings is 1. The van der Waals surface area contributed by atoms with Crippen molar-refractivity contribution in [2.24, 2.45) is 5.73 Å². The van der Waals surface area contributed by atoms with Crippen molar-refractivity contribution >= 4 is 17.6 Å². The number of nitrogens with zero attached hydrogens (tertiary/aromatic N) is 1. The highest BCUT2D eigenvalue weighted by atomic mass is 35.5. The predicted octanol–water partition coefficient (Wildman–Crippen LogP) is 1.20. The summed E-state index contributed by atoms with van der Waals surface area (Å²) < 4.78 is 4.51. The maximum atomic E-state index is 11.4. The number of ether oxygens (including phenoxy) is 1. The second kappa shape index (κ2) is 6.32. The Labute approximate surface area is 109 Å². The molecule has 2 atom stereocenters. The quantitative estimate of drug-likeness (QED) is 0.494. The van der Waals surface area contributed by atoms with Crippen molar-refractivity contribution in [2.45, 2.75) is 12.0 Å². The summed E-state index contributed by atoms with van der Waals surface area (Å²) >= 11 is 5.73. The topological polar surface area (TPSA) is 95.5 Å². The van der Waals surface area contributed by atoms with Crippen LogP contribution in [-0.4, -0.2) is 30.6 Å². The van der Waals surface area contributed by atoms with Crippen LogP contribution in [0.4, 0.5) is 0 Å². The number of hydrogen-bond donors (Lipinski definition) is 1. The van der Waals surface area contributed by atoms with E-state index in [9.17, 15) is 14.9 Å². The maximum Gasteiger partial charge on any atom is 0.323 e. The lowest BCUT2D eigenvalue weighted by Crippen LogP contribution is -2.40. The van der Waals surface area contributed by atoms with Gasteiger partial charge in [0.15, 0.2) is 0 Å². The summed E-state index contributed by atoms with van der Waals surface area (Å²) in [5.41, 5.74) is 6.26. The molecule has 18 heavy (non-hydrogen) atoms.